The number of carboxylic acid groups (broad SMARTS) is 1. The van der Waals surface area contributed by atoms with Crippen molar-refractivity contribution in [3.05, 3.63) is 12.7 Å². The summed E-state index contributed by atoms with van der Waals surface area (Å²) in [7, 11) is 0. The van der Waals surface area contributed by atoms with Crippen molar-refractivity contribution >= 4 is 11.9 Å². The van der Waals surface area contributed by atoms with Gasteiger partial charge in [-0.3, -0.25) is 9.59 Å². The number of nitrogens with one attached hydrogen (secondary N) is 1. The van der Waals surface area contributed by atoms with E-state index in [0.717, 1.165) is 12.8 Å². The Bertz CT molecular complexity index is 213. The monoisotopic (exact) mass is 199 g/mol. The lowest BCUT2D eigenvalue weighted by molar-refractivity contribution is -0.140. The molecule has 1 atom stereocenters. The first kappa shape index (κ1) is 12.7. The molecule has 0 aromatic heterocycles. The molecule has 0 bridgehead atoms. The molecular formula is C10H17NO3. The van der Waals surface area contributed by atoms with E-state index in [1.54, 1.807) is 0 Å². The Kier molecular flexibility index (Phi) is 6.45. The van der Waals surface area contributed by atoms with Crippen LogP contribution in [0.2, 0.25) is 0 Å². The van der Waals surface area contributed by atoms with Crippen molar-refractivity contribution < 1.29 is 14.7 Å². The summed E-state index contributed by atoms with van der Waals surface area (Å²) < 4.78 is 0. The Hall–Kier alpha value is -1.32. The Balaban J connectivity index is 3.47. The fourth-order valence-corrected chi connectivity index (χ4v) is 1.10. The molecule has 0 spiro atoms. The van der Waals surface area contributed by atoms with E-state index in [4.69, 9.17) is 5.11 Å². The summed E-state index contributed by atoms with van der Waals surface area (Å²) >= 11 is 0. The van der Waals surface area contributed by atoms with Crippen molar-refractivity contribution in [3.8, 4) is 0 Å². The fourth-order valence-electron chi connectivity index (χ4n) is 1.10. The normalized spacial score (nSPS) is 11.8. The molecule has 0 radical (unpaired) electrons. The van der Waals surface area contributed by atoms with Crippen LogP contribution in [0.1, 0.15) is 26.2 Å². The summed E-state index contributed by atoms with van der Waals surface area (Å²) in [4.78, 5) is 21.0. The van der Waals surface area contributed by atoms with Crippen LogP contribution in [0.25, 0.3) is 0 Å². The number of carbonyl (C=O) groups is 2. The zero-order valence-corrected chi connectivity index (χ0v) is 8.45. The largest absolute Gasteiger partial charge is 0.481 e. The predicted molar refractivity (Wildman–Crippen MR) is 53.9 cm³/mol. The third kappa shape index (κ3) is 6.22. The van der Waals surface area contributed by atoms with Crippen LogP contribution in [0.3, 0.4) is 0 Å². The van der Waals surface area contributed by atoms with Gasteiger partial charge in [0, 0.05) is 13.5 Å². The van der Waals surface area contributed by atoms with Crippen LogP contribution in [0.4, 0.5) is 0 Å². The summed E-state index contributed by atoms with van der Waals surface area (Å²) in [5.74, 6) is -1.35. The highest BCUT2D eigenvalue weighted by Crippen LogP contribution is 2.09. The lowest BCUT2D eigenvalue weighted by Gasteiger charge is -2.06. The van der Waals surface area contributed by atoms with Gasteiger partial charge in [0.15, 0.2) is 0 Å². The molecule has 80 valence electrons. The van der Waals surface area contributed by atoms with E-state index in [1.165, 1.54) is 13.0 Å². The number of hydrogen-bond acceptors (Lipinski definition) is 2. The minimum atomic E-state index is -0.834. The van der Waals surface area contributed by atoms with Gasteiger partial charge in [-0.2, -0.15) is 0 Å². The zero-order chi connectivity index (χ0) is 11.0. The molecule has 1 unspecified atom stereocenters. The Labute approximate surface area is 84.0 Å². The lowest BCUT2D eigenvalue weighted by atomic mass is 10.0. The van der Waals surface area contributed by atoms with Crippen LogP contribution in [0, 0.1) is 5.92 Å². The highest BCUT2D eigenvalue weighted by Gasteiger charge is 2.11. The average Bonchev–Trinajstić information content (AvgIpc) is 2.10. The van der Waals surface area contributed by atoms with Crippen LogP contribution in [0.15, 0.2) is 12.7 Å². The van der Waals surface area contributed by atoms with Crippen LogP contribution in [-0.2, 0) is 9.59 Å². The van der Waals surface area contributed by atoms with Gasteiger partial charge in [-0.25, -0.2) is 0 Å². The van der Waals surface area contributed by atoms with Gasteiger partial charge in [0.25, 0.3) is 0 Å². The highest BCUT2D eigenvalue weighted by atomic mass is 16.4. The van der Waals surface area contributed by atoms with Gasteiger partial charge in [0.2, 0.25) is 5.91 Å². The van der Waals surface area contributed by atoms with E-state index in [0.29, 0.717) is 13.0 Å². The summed E-state index contributed by atoms with van der Waals surface area (Å²) in [5.41, 5.74) is 0. The number of unbranched alkanes of at least 4 members (excludes halogenated alkanes) is 1. The molecule has 4 heteroatoms. The van der Waals surface area contributed by atoms with Gasteiger partial charge in [-0.15, -0.1) is 6.58 Å². The number of carbonyl (C=O) groups excluding carboxylic acids is 1. The van der Waals surface area contributed by atoms with E-state index in [2.05, 4.69) is 11.9 Å². The molecule has 0 saturated heterocycles. The maximum absolute atomic E-state index is 10.6. The molecule has 0 aromatic carbocycles. The predicted octanol–water partition coefficient (Wildman–Crippen LogP) is 1.18. The van der Waals surface area contributed by atoms with Gasteiger partial charge in [0.05, 0.1) is 5.92 Å². The van der Waals surface area contributed by atoms with E-state index in [1.807, 2.05) is 0 Å². The number of amides is 1. The van der Waals surface area contributed by atoms with Crippen molar-refractivity contribution in [2.75, 3.05) is 6.54 Å². The van der Waals surface area contributed by atoms with Gasteiger partial charge in [-0.1, -0.05) is 12.5 Å². The number of aliphatic carboxylic acids is 1. The molecule has 0 rings (SSSR count). The van der Waals surface area contributed by atoms with E-state index >= 15 is 0 Å². The van der Waals surface area contributed by atoms with Gasteiger partial charge in [0.1, 0.15) is 0 Å². The third-order valence-corrected chi connectivity index (χ3v) is 1.92. The minimum Gasteiger partial charge on any atom is -0.481 e. The average molecular weight is 199 g/mol. The Morgan fingerprint density at radius 3 is 2.57 bits per heavy atom. The second kappa shape index (κ2) is 7.12. The first-order valence-electron chi connectivity index (χ1n) is 4.67. The number of hydrogen-bond donors (Lipinski definition) is 2. The molecule has 0 aliphatic rings. The standard InChI is InChI=1S/C10H17NO3/c1-3-9(10(13)14)6-4-5-7-11-8(2)12/h3,9H,1,4-7H2,2H3,(H,11,12)(H,13,14). The van der Waals surface area contributed by atoms with E-state index < -0.39 is 11.9 Å². The van der Waals surface area contributed by atoms with Crippen molar-refractivity contribution in [3.63, 3.8) is 0 Å². The molecule has 14 heavy (non-hydrogen) atoms. The first-order chi connectivity index (χ1) is 6.57. The maximum Gasteiger partial charge on any atom is 0.310 e. The minimum absolute atomic E-state index is 0.0523. The second-order valence-corrected chi connectivity index (χ2v) is 3.16. The van der Waals surface area contributed by atoms with E-state index in [9.17, 15) is 9.59 Å². The number of carboxylic acids is 1. The van der Waals surface area contributed by atoms with E-state index in [-0.39, 0.29) is 5.91 Å². The van der Waals surface area contributed by atoms with Gasteiger partial charge < -0.3 is 10.4 Å². The van der Waals surface area contributed by atoms with Crippen LogP contribution >= 0.6 is 0 Å². The van der Waals surface area contributed by atoms with Crippen molar-refractivity contribution in [2.24, 2.45) is 5.92 Å². The van der Waals surface area contributed by atoms with Crippen LogP contribution < -0.4 is 5.32 Å². The fraction of sp³-hybridized carbons (Fsp3) is 0.600. The molecule has 0 aliphatic heterocycles. The molecule has 2 N–H and O–H groups in total. The lowest BCUT2D eigenvalue weighted by Crippen LogP contribution is -2.21. The molecule has 0 aromatic rings. The Morgan fingerprint density at radius 1 is 1.50 bits per heavy atom. The van der Waals surface area contributed by atoms with Crippen LogP contribution in [0.5, 0.6) is 0 Å². The molecule has 1 amide bonds. The quantitative estimate of drug-likeness (QED) is 0.478. The molecule has 0 aliphatic carbocycles. The molecule has 0 heterocycles. The SMILES string of the molecule is C=CC(CCCCNC(C)=O)C(=O)O. The maximum atomic E-state index is 10.6. The van der Waals surface area contributed by atoms with Gasteiger partial charge in [-0.05, 0) is 12.8 Å². The Morgan fingerprint density at radius 2 is 2.14 bits per heavy atom. The second-order valence-electron chi connectivity index (χ2n) is 3.16. The first-order valence-corrected chi connectivity index (χ1v) is 4.67. The van der Waals surface area contributed by atoms with Gasteiger partial charge >= 0.3 is 5.97 Å². The summed E-state index contributed by atoms with van der Waals surface area (Å²) in [5, 5.41) is 11.3. The third-order valence-electron chi connectivity index (χ3n) is 1.92. The topological polar surface area (TPSA) is 66.4 Å². The summed E-state index contributed by atoms with van der Waals surface area (Å²) in [6.07, 6.45) is 3.61. The summed E-state index contributed by atoms with van der Waals surface area (Å²) in [6.45, 7) is 5.53. The zero-order valence-electron chi connectivity index (χ0n) is 8.45. The van der Waals surface area contributed by atoms with Crippen molar-refractivity contribution in [2.45, 2.75) is 26.2 Å². The summed E-state index contributed by atoms with van der Waals surface area (Å²) in [6, 6.07) is 0. The smallest absolute Gasteiger partial charge is 0.310 e. The van der Waals surface area contributed by atoms with Crippen LogP contribution in [-0.4, -0.2) is 23.5 Å². The molecule has 0 saturated carbocycles. The van der Waals surface area contributed by atoms with Crippen molar-refractivity contribution in [1.29, 1.82) is 0 Å². The number of rotatable bonds is 7. The highest BCUT2D eigenvalue weighted by molar-refractivity contribution is 5.72. The molecule has 4 nitrogen and oxygen atoms in total. The van der Waals surface area contributed by atoms with Crippen molar-refractivity contribution in [1.82, 2.24) is 5.32 Å². The molecular weight excluding hydrogens is 182 g/mol. The molecule has 0 fully saturated rings.